The molecule has 0 aromatic heterocycles. The molecule has 8 heteroatoms. The number of ether oxygens (including phenoxy) is 2. The van der Waals surface area contributed by atoms with Crippen LogP contribution in [0.5, 0.6) is 0 Å². The first-order chi connectivity index (χ1) is 16.9. The fourth-order valence-electron chi connectivity index (χ4n) is 4.92. The zero-order valence-corrected chi connectivity index (χ0v) is 20.0. The van der Waals surface area contributed by atoms with Crippen LogP contribution in [-0.4, -0.2) is 55.0 Å². The molecule has 0 radical (unpaired) electrons. The van der Waals surface area contributed by atoms with Gasteiger partial charge < -0.3 is 25.2 Å². The highest BCUT2D eigenvalue weighted by atomic mass is 16.5. The van der Waals surface area contributed by atoms with E-state index in [0.29, 0.717) is 19.4 Å². The lowest BCUT2D eigenvalue weighted by Gasteiger charge is -2.24. The van der Waals surface area contributed by atoms with Crippen LogP contribution >= 0.6 is 0 Å². The largest absolute Gasteiger partial charge is 0.480 e. The van der Waals surface area contributed by atoms with E-state index in [0.717, 1.165) is 22.3 Å². The third kappa shape index (κ3) is 5.32. The molecule has 1 aliphatic heterocycles. The summed E-state index contributed by atoms with van der Waals surface area (Å²) in [5.41, 5.74) is 4.59. The van der Waals surface area contributed by atoms with Gasteiger partial charge in [-0.05, 0) is 34.6 Å². The molecular formula is C27H32N2O6. The average Bonchev–Trinajstić information content (AvgIpc) is 3.47. The number of amides is 2. The lowest BCUT2D eigenvalue weighted by Crippen LogP contribution is -2.50. The van der Waals surface area contributed by atoms with Crippen molar-refractivity contribution in [3.05, 3.63) is 59.7 Å². The van der Waals surface area contributed by atoms with Crippen molar-refractivity contribution in [3.8, 4) is 11.1 Å². The summed E-state index contributed by atoms with van der Waals surface area (Å²) in [6.45, 7) is 4.44. The van der Waals surface area contributed by atoms with Gasteiger partial charge in [0, 0.05) is 25.0 Å². The van der Waals surface area contributed by atoms with Crippen LogP contribution in [-0.2, 0) is 19.1 Å². The molecule has 1 fully saturated rings. The third-order valence-electron chi connectivity index (χ3n) is 7.10. The molecular weight excluding hydrogens is 448 g/mol. The number of alkyl carbamates (subject to hydrolysis) is 1. The Morgan fingerprint density at radius 1 is 1.09 bits per heavy atom. The van der Waals surface area contributed by atoms with Crippen LogP contribution < -0.4 is 10.6 Å². The first-order valence-corrected chi connectivity index (χ1v) is 12.1. The van der Waals surface area contributed by atoms with Crippen molar-refractivity contribution in [2.24, 2.45) is 11.8 Å². The number of carboxylic acid groups (broad SMARTS) is 1. The van der Waals surface area contributed by atoms with Crippen molar-refractivity contribution >= 4 is 18.0 Å². The minimum Gasteiger partial charge on any atom is -0.480 e. The second kappa shape index (κ2) is 10.9. The number of hydrogen-bond donors (Lipinski definition) is 3. The van der Waals surface area contributed by atoms with Crippen LogP contribution in [0.25, 0.3) is 11.1 Å². The highest BCUT2D eigenvalue weighted by Crippen LogP contribution is 2.44. The lowest BCUT2D eigenvalue weighted by molar-refractivity contribution is -0.145. The van der Waals surface area contributed by atoms with E-state index in [1.165, 1.54) is 0 Å². The molecule has 2 unspecified atom stereocenters. The van der Waals surface area contributed by atoms with Crippen LogP contribution in [0.3, 0.4) is 0 Å². The maximum Gasteiger partial charge on any atom is 0.407 e. The molecule has 2 amide bonds. The number of nitrogens with one attached hydrogen (secondary N) is 2. The summed E-state index contributed by atoms with van der Waals surface area (Å²) in [6.07, 6.45) is -0.158. The van der Waals surface area contributed by atoms with Crippen molar-refractivity contribution in [2.75, 3.05) is 19.8 Å². The summed E-state index contributed by atoms with van der Waals surface area (Å²) in [4.78, 5) is 36.8. The van der Waals surface area contributed by atoms with E-state index in [9.17, 15) is 19.5 Å². The Morgan fingerprint density at radius 3 is 2.31 bits per heavy atom. The first-order valence-electron chi connectivity index (χ1n) is 12.1. The second-order valence-electron chi connectivity index (χ2n) is 9.26. The molecule has 2 aliphatic rings. The van der Waals surface area contributed by atoms with Crippen LogP contribution in [0.1, 0.15) is 43.7 Å². The lowest BCUT2D eigenvalue weighted by atomic mass is 9.97. The van der Waals surface area contributed by atoms with Gasteiger partial charge in [-0.15, -0.1) is 0 Å². The van der Waals surface area contributed by atoms with E-state index in [4.69, 9.17) is 9.47 Å². The van der Waals surface area contributed by atoms with Gasteiger partial charge in [-0.2, -0.15) is 0 Å². The van der Waals surface area contributed by atoms with Crippen LogP contribution in [0, 0.1) is 11.8 Å². The molecule has 1 heterocycles. The molecule has 2 aromatic rings. The van der Waals surface area contributed by atoms with Crippen LogP contribution in [0.15, 0.2) is 48.5 Å². The molecule has 0 spiro atoms. The molecule has 4 atom stereocenters. The number of carbonyl (C=O) groups excluding carboxylic acids is 2. The number of aliphatic carboxylic acids is 1. The molecule has 0 bridgehead atoms. The number of hydrogen-bond acceptors (Lipinski definition) is 5. The Bertz CT molecular complexity index is 1040. The van der Waals surface area contributed by atoms with E-state index in [2.05, 4.69) is 34.9 Å². The topological polar surface area (TPSA) is 114 Å². The fraction of sp³-hybridized carbons (Fsp3) is 0.444. The Balaban J connectivity index is 1.31. The summed E-state index contributed by atoms with van der Waals surface area (Å²) in [7, 11) is 0. The molecule has 1 aliphatic carbocycles. The van der Waals surface area contributed by atoms with Crippen LogP contribution in [0.4, 0.5) is 4.79 Å². The number of fused-ring (bicyclic) bond motifs is 3. The predicted octanol–water partition coefficient (Wildman–Crippen LogP) is 3.55. The zero-order valence-electron chi connectivity index (χ0n) is 20.0. The standard InChI is InChI=1S/C27H32N2O6/c1-3-16(2)23(26(31)32)29-25(30)24-17(12-13-34-24)14-28-27(33)35-15-22-20-10-6-4-8-18(20)19-9-5-7-11-21(19)22/h4-11,16-17,22-24H,3,12-15H2,1-2H3,(H,28,33)(H,29,30)(H,31,32)/t16?,17-,23?,24-/m1/s1. The normalized spacial score (nSPS) is 20.4. The molecule has 4 rings (SSSR count). The molecule has 35 heavy (non-hydrogen) atoms. The SMILES string of the molecule is CCC(C)C(NC(=O)[C@@H]1OCC[C@@H]1CNC(=O)OCC1c2ccccc2-c2ccccc21)C(=O)O. The minimum absolute atomic E-state index is 0.0324. The summed E-state index contributed by atoms with van der Waals surface area (Å²) in [5, 5.41) is 14.8. The number of rotatable bonds is 9. The van der Waals surface area contributed by atoms with E-state index < -0.39 is 30.1 Å². The fourth-order valence-corrected chi connectivity index (χ4v) is 4.92. The van der Waals surface area contributed by atoms with Crippen LogP contribution in [0.2, 0.25) is 0 Å². The Kier molecular flexibility index (Phi) is 7.70. The van der Waals surface area contributed by atoms with Crippen molar-refractivity contribution in [2.45, 2.75) is 44.8 Å². The monoisotopic (exact) mass is 480 g/mol. The molecule has 1 saturated heterocycles. The smallest absolute Gasteiger partial charge is 0.407 e. The molecule has 2 aromatic carbocycles. The highest BCUT2D eigenvalue weighted by molar-refractivity contribution is 5.87. The van der Waals surface area contributed by atoms with Crippen molar-refractivity contribution in [1.29, 1.82) is 0 Å². The highest BCUT2D eigenvalue weighted by Gasteiger charge is 2.37. The van der Waals surface area contributed by atoms with Gasteiger partial charge >= 0.3 is 12.1 Å². The second-order valence-corrected chi connectivity index (χ2v) is 9.26. The van der Waals surface area contributed by atoms with Gasteiger partial charge in [0.15, 0.2) is 0 Å². The summed E-state index contributed by atoms with van der Waals surface area (Å²) >= 11 is 0. The van der Waals surface area contributed by atoms with E-state index in [1.54, 1.807) is 6.92 Å². The third-order valence-corrected chi connectivity index (χ3v) is 7.10. The molecule has 186 valence electrons. The van der Waals surface area contributed by atoms with Crippen molar-refractivity contribution in [1.82, 2.24) is 10.6 Å². The van der Waals surface area contributed by atoms with Gasteiger partial charge in [0.2, 0.25) is 5.91 Å². The maximum absolute atomic E-state index is 12.7. The van der Waals surface area contributed by atoms with E-state index >= 15 is 0 Å². The average molecular weight is 481 g/mol. The molecule has 3 N–H and O–H groups in total. The first kappa shape index (κ1) is 24.7. The van der Waals surface area contributed by atoms with Gasteiger partial charge in [0.1, 0.15) is 18.8 Å². The number of carboxylic acids is 1. The zero-order chi connectivity index (χ0) is 24.9. The predicted molar refractivity (Wildman–Crippen MR) is 130 cm³/mol. The Hall–Kier alpha value is -3.39. The summed E-state index contributed by atoms with van der Waals surface area (Å²) in [5.74, 6) is -2.04. The Labute approximate surface area is 205 Å². The molecule has 8 nitrogen and oxygen atoms in total. The van der Waals surface area contributed by atoms with Crippen molar-refractivity contribution < 1.29 is 29.0 Å². The van der Waals surface area contributed by atoms with Gasteiger partial charge in [-0.25, -0.2) is 9.59 Å². The minimum atomic E-state index is -1.07. The number of benzene rings is 2. The van der Waals surface area contributed by atoms with Gasteiger partial charge in [-0.1, -0.05) is 68.8 Å². The van der Waals surface area contributed by atoms with E-state index in [-0.39, 0.29) is 30.9 Å². The maximum atomic E-state index is 12.7. The quantitative estimate of drug-likeness (QED) is 0.506. The molecule has 0 saturated carbocycles. The Morgan fingerprint density at radius 2 is 1.71 bits per heavy atom. The van der Waals surface area contributed by atoms with Gasteiger partial charge in [0.25, 0.3) is 0 Å². The number of carbonyl (C=O) groups is 3. The van der Waals surface area contributed by atoms with Gasteiger partial charge in [-0.3, -0.25) is 4.79 Å². The summed E-state index contributed by atoms with van der Waals surface area (Å²) in [6, 6.07) is 15.3. The van der Waals surface area contributed by atoms with E-state index in [1.807, 2.05) is 31.2 Å². The van der Waals surface area contributed by atoms with Gasteiger partial charge in [0.05, 0.1) is 0 Å². The van der Waals surface area contributed by atoms with Crippen molar-refractivity contribution in [3.63, 3.8) is 0 Å². The summed E-state index contributed by atoms with van der Waals surface area (Å²) < 4.78 is 11.1.